The lowest BCUT2D eigenvalue weighted by Gasteiger charge is -2.53. The second-order valence-corrected chi connectivity index (χ2v) is 16.3. The number of fused-ring (bicyclic) bond motifs is 1. The Kier molecular flexibility index (Phi) is 7.03. The molecule has 0 amide bonds. The van der Waals surface area contributed by atoms with Gasteiger partial charge in [0.05, 0.1) is 20.3 Å². The smallest absolute Gasteiger partial charge is 0.192 e. The zero-order valence-corrected chi connectivity index (χ0v) is 22.2. The lowest BCUT2D eigenvalue weighted by atomic mass is 9.54. The van der Waals surface area contributed by atoms with E-state index < -0.39 is 8.32 Å². The molecule has 0 N–H and O–H groups in total. The largest absolute Gasteiger partial charge is 0.497 e. The Balaban J connectivity index is 1.92. The summed E-state index contributed by atoms with van der Waals surface area (Å²) in [4.78, 5) is 0. The minimum Gasteiger partial charge on any atom is -0.497 e. The molecule has 3 nitrogen and oxygen atoms in total. The van der Waals surface area contributed by atoms with E-state index in [0.29, 0.717) is 23.9 Å². The topological polar surface area (TPSA) is 27.7 Å². The second kappa shape index (κ2) is 8.94. The van der Waals surface area contributed by atoms with Gasteiger partial charge in [0.1, 0.15) is 11.5 Å². The highest BCUT2D eigenvalue weighted by molar-refractivity contribution is 6.74. The SMILES string of the molecule is COc1ccc(OC)c(C[C@]2(C)[C@H](C)C=C[C@H]3[C@H]2CCC[C@H]3O[Si](C)(C)C(C)(C)C)c1. The van der Waals surface area contributed by atoms with Crippen LogP contribution in [-0.4, -0.2) is 28.6 Å². The van der Waals surface area contributed by atoms with Crippen LogP contribution >= 0.6 is 0 Å². The Morgan fingerprint density at radius 1 is 1.06 bits per heavy atom. The molecule has 0 aromatic heterocycles. The van der Waals surface area contributed by atoms with Crippen LogP contribution in [0.1, 0.15) is 59.4 Å². The number of hydrogen-bond acceptors (Lipinski definition) is 3. The molecular formula is C27H44O3Si. The zero-order chi connectivity index (χ0) is 23.0. The molecule has 174 valence electrons. The van der Waals surface area contributed by atoms with Crippen molar-refractivity contribution >= 4 is 8.32 Å². The van der Waals surface area contributed by atoms with Crippen molar-refractivity contribution in [3.05, 3.63) is 35.9 Å². The van der Waals surface area contributed by atoms with Gasteiger partial charge >= 0.3 is 0 Å². The Morgan fingerprint density at radius 2 is 1.77 bits per heavy atom. The fourth-order valence-corrected chi connectivity index (χ4v) is 6.86. The predicted molar refractivity (Wildman–Crippen MR) is 133 cm³/mol. The van der Waals surface area contributed by atoms with Crippen LogP contribution in [0.5, 0.6) is 11.5 Å². The molecule has 0 spiro atoms. The fraction of sp³-hybridized carbons (Fsp3) is 0.704. The minimum absolute atomic E-state index is 0.161. The molecule has 0 heterocycles. The number of ether oxygens (including phenoxy) is 2. The maximum Gasteiger partial charge on any atom is 0.192 e. The normalized spacial score (nSPS) is 31.3. The Hall–Kier alpha value is -1.26. The van der Waals surface area contributed by atoms with Gasteiger partial charge < -0.3 is 13.9 Å². The van der Waals surface area contributed by atoms with E-state index in [1.165, 1.54) is 24.8 Å². The number of rotatable bonds is 6. The highest BCUT2D eigenvalue weighted by atomic mass is 28.4. The first-order valence-electron chi connectivity index (χ1n) is 12.0. The van der Waals surface area contributed by atoms with Gasteiger partial charge in [0.2, 0.25) is 0 Å². The molecule has 2 aliphatic rings. The molecule has 0 bridgehead atoms. The molecule has 0 saturated heterocycles. The van der Waals surface area contributed by atoms with E-state index in [4.69, 9.17) is 13.9 Å². The molecule has 4 heteroatoms. The third-order valence-corrected chi connectivity index (χ3v) is 13.2. The molecule has 0 aliphatic heterocycles. The number of benzene rings is 1. The van der Waals surface area contributed by atoms with Crippen LogP contribution in [0.4, 0.5) is 0 Å². The van der Waals surface area contributed by atoms with Crippen LogP contribution < -0.4 is 9.47 Å². The van der Waals surface area contributed by atoms with Crippen LogP contribution in [0.25, 0.3) is 0 Å². The van der Waals surface area contributed by atoms with Gasteiger partial charge in [-0.1, -0.05) is 53.2 Å². The van der Waals surface area contributed by atoms with Gasteiger partial charge in [-0.15, -0.1) is 0 Å². The Bertz CT molecular complexity index is 794. The summed E-state index contributed by atoms with van der Waals surface area (Å²) in [6, 6.07) is 6.19. The van der Waals surface area contributed by atoms with Gasteiger partial charge in [-0.3, -0.25) is 0 Å². The average Bonchev–Trinajstić information content (AvgIpc) is 2.70. The van der Waals surface area contributed by atoms with E-state index in [9.17, 15) is 0 Å². The van der Waals surface area contributed by atoms with Crippen molar-refractivity contribution in [2.75, 3.05) is 14.2 Å². The van der Waals surface area contributed by atoms with Crippen LogP contribution in [0.2, 0.25) is 18.1 Å². The summed E-state index contributed by atoms with van der Waals surface area (Å²) >= 11 is 0. The van der Waals surface area contributed by atoms with Crippen molar-refractivity contribution in [3.8, 4) is 11.5 Å². The molecule has 1 fully saturated rings. The molecule has 5 atom stereocenters. The van der Waals surface area contributed by atoms with E-state index >= 15 is 0 Å². The number of allylic oxidation sites excluding steroid dienone is 1. The van der Waals surface area contributed by atoms with E-state index in [2.05, 4.69) is 65.9 Å². The first-order chi connectivity index (χ1) is 14.4. The Morgan fingerprint density at radius 3 is 2.39 bits per heavy atom. The van der Waals surface area contributed by atoms with Gasteiger partial charge in [-0.05, 0) is 78.4 Å². The van der Waals surface area contributed by atoms with E-state index in [1.807, 2.05) is 12.1 Å². The third kappa shape index (κ3) is 4.75. The molecule has 2 aliphatic carbocycles. The van der Waals surface area contributed by atoms with Crippen molar-refractivity contribution in [1.29, 1.82) is 0 Å². The van der Waals surface area contributed by atoms with Crippen molar-refractivity contribution in [1.82, 2.24) is 0 Å². The third-order valence-electron chi connectivity index (χ3n) is 8.72. The van der Waals surface area contributed by atoms with E-state index in [-0.39, 0.29) is 10.5 Å². The standard InChI is InChI=1S/C27H44O3Si/c1-19-13-15-22-23(11-10-12-25(22)30-31(8,9)26(2,3)4)27(19,5)18-20-17-21(28-6)14-16-24(20)29-7/h13-17,19,22-23,25H,10-12,18H2,1-9H3/t19-,22+,23-,25-,27-/m1/s1. The maximum atomic E-state index is 7.02. The molecule has 0 radical (unpaired) electrons. The highest BCUT2D eigenvalue weighted by Crippen LogP contribution is 2.54. The highest BCUT2D eigenvalue weighted by Gasteiger charge is 2.50. The summed E-state index contributed by atoms with van der Waals surface area (Å²) in [6.45, 7) is 16.7. The van der Waals surface area contributed by atoms with Gasteiger partial charge in [0.25, 0.3) is 0 Å². The van der Waals surface area contributed by atoms with Crippen LogP contribution in [0.15, 0.2) is 30.4 Å². The first kappa shape index (κ1) is 24.4. The number of methoxy groups -OCH3 is 2. The van der Waals surface area contributed by atoms with Crippen LogP contribution in [0, 0.1) is 23.2 Å². The minimum atomic E-state index is -1.80. The molecular weight excluding hydrogens is 400 g/mol. The van der Waals surface area contributed by atoms with Gasteiger partial charge in [0.15, 0.2) is 8.32 Å². The molecule has 1 aromatic rings. The summed E-state index contributed by atoms with van der Waals surface area (Å²) in [5.74, 6) is 3.49. The van der Waals surface area contributed by atoms with Gasteiger partial charge in [0, 0.05) is 5.92 Å². The molecule has 3 rings (SSSR count). The summed E-state index contributed by atoms with van der Waals surface area (Å²) < 4.78 is 18.3. The van der Waals surface area contributed by atoms with Crippen LogP contribution in [-0.2, 0) is 10.8 Å². The van der Waals surface area contributed by atoms with Crippen LogP contribution in [0.3, 0.4) is 0 Å². The molecule has 1 saturated carbocycles. The lowest BCUT2D eigenvalue weighted by molar-refractivity contribution is -0.0174. The molecule has 1 aromatic carbocycles. The lowest BCUT2D eigenvalue weighted by Crippen LogP contribution is -2.52. The molecule has 0 unspecified atom stereocenters. The summed E-state index contributed by atoms with van der Waals surface area (Å²) in [7, 11) is 1.70. The summed E-state index contributed by atoms with van der Waals surface area (Å²) in [5, 5.41) is 0.239. The van der Waals surface area contributed by atoms with Gasteiger partial charge in [-0.25, -0.2) is 0 Å². The second-order valence-electron chi connectivity index (χ2n) is 11.6. The van der Waals surface area contributed by atoms with Crippen molar-refractivity contribution in [2.24, 2.45) is 23.2 Å². The van der Waals surface area contributed by atoms with Gasteiger partial charge in [-0.2, -0.15) is 0 Å². The van der Waals surface area contributed by atoms with Crippen molar-refractivity contribution in [3.63, 3.8) is 0 Å². The fourth-order valence-electron chi connectivity index (χ4n) is 5.48. The average molecular weight is 445 g/mol. The number of hydrogen-bond donors (Lipinski definition) is 0. The maximum absolute atomic E-state index is 7.02. The zero-order valence-electron chi connectivity index (χ0n) is 21.2. The summed E-state index contributed by atoms with van der Waals surface area (Å²) in [6.07, 6.45) is 10.0. The Labute approximate surface area is 191 Å². The van der Waals surface area contributed by atoms with Crippen molar-refractivity contribution < 1.29 is 13.9 Å². The quantitative estimate of drug-likeness (QED) is 0.341. The molecule has 31 heavy (non-hydrogen) atoms. The monoisotopic (exact) mass is 444 g/mol. The summed E-state index contributed by atoms with van der Waals surface area (Å²) in [5.41, 5.74) is 1.41. The first-order valence-corrected chi connectivity index (χ1v) is 14.9. The van der Waals surface area contributed by atoms with Crippen molar-refractivity contribution in [2.45, 2.75) is 84.5 Å². The predicted octanol–water partition coefficient (Wildman–Crippen LogP) is 7.27. The van der Waals surface area contributed by atoms with E-state index in [0.717, 1.165) is 17.9 Å². The van der Waals surface area contributed by atoms with E-state index in [1.54, 1.807) is 14.2 Å².